The molecule has 4 rings (SSSR count). The fraction of sp³-hybridized carbons (Fsp3) is 0.250. The first kappa shape index (κ1) is 17.0. The van der Waals surface area contributed by atoms with E-state index in [9.17, 15) is 5.11 Å². The van der Waals surface area contributed by atoms with Crippen molar-refractivity contribution in [3.8, 4) is 0 Å². The molecule has 1 aliphatic rings. The van der Waals surface area contributed by atoms with Crippen molar-refractivity contribution in [2.45, 2.75) is 31.0 Å². The molecule has 1 saturated heterocycles. The van der Waals surface area contributed by atoms with Gasteiger partial charge in [0.15, 0.2) is 0 Å². The molecule has 0 saturated carbocycles. The second kappa shape index (κ2) is 7.06. The lowest BCUT2D eigenvalue weighted by Gasteiger charge is -2.52. The minimum absolute atomic E-state index is 0.0929. The molecule has 0 spiro atoms. The van der Waals surface area contributed by atoms with Crippen molar-refractivity contribution in [3.05, 3.63) is 108 Å². The van der Waals surface area contributed by atoms with Gasteiger partial charge < -0.3 is 5.11 Å². The summed E-state index contributed by atoms with van der Waals surface area (Å²) in [7, 11) is 0. The average Bonchev–Trinajstić information content (AvgIpc) is 2.67. The van der Waals surface area contributed by atoms with Crippen molar-refractivity contribution in [3.63, 3.8) is 0 Å². The third kappa shape index (κ3) is 3.07. The summed E-state index contributed by atoms with van der Waals surface area (Å²) in [5, 5.41) is 11.4. The van der Waals surface area contributed by atoms with Crippen molar-refractivity contribution in [1.82, 2.24) is 4.90 Å². The Morgan fingerprint density at radius 1 is 0.808 bits per heavy atom. The molecule has 2 heteroatoms. The molecule has 0 bridgehead atoms. The van der Waals surface area contributed by atoms with E-state index in [1.165, 1.54) is 11.1 Å². The van der Waals surface area contributed by atoms with Crippen LogP contribution in [-0.4, -0.2) is 22.6 Å². The molecule has 26 heavy (non-hydrogen) atoms. The maximum absolute atomic E-state index is 11.4. The Morgan fingerprint density at radius 2 is 1.27 bits per heavy atom. The zero-order valence-electron chi connectivity index (χ0n) is 15.1. The minimum atomic E-state index is -0.874. The molecule has 2 unspecified atom stereocenters. The molecule has 132 valence electrons. The Labute approximate surface area is 155 Å². The molecule has 3 aromatic carbocycles. The van der Waals surface area contributed by atoms with Crippen LogP contribution in [0.3, 0.4) is 0 Å². The van der Waals surface area contributed by atoms with Crippen LogP contribution in [0.25, 0.3) is 0 Å². The summed E-state index contributed by atoms with van der Waals surface area (Å²) in [6.45, 7) is 2.94. The van der Waals surface area contributed by atoms with Crippen molar-refractivity contribution in [1.29, 1.82) is 0 Å². The molecule has 0 amide bonds. The maximum atomic E-state index is 11.4. The molecule has 2 atom stereocenters. The number of nitrogens with zero attached hydrogens (tertiary/aromatic N) is 1. The smallest absolute Gasteiger partial charge is 0.102 e. The maximum Gasteiger partial charge on any atom is 0.102 e. The van der Waals surface area contributed by atoms with Gasteiger partial charge in [-0.1, -0.05) is 91.0 Å². The van der Waals surface area contributed by atoms with Gasteiger partial charge in [-0.25, -0.2) is 0 Å². The van der Waals surface area contributed by atoms with E-state index in [2.05, 4.69) is 65.6 Å². The fourth-order valence-electron chi connectivity index (χ4n) is 4.13. The third-order valence-corrected chi connectivity index (χ3v) is 5.63. The Balaban J connectivity index is 1.71. The summed E-state index contributed by atoms with van der Waals surface area (Å²) in [5.41, 5.74) is 2.65. The quantitative estimate of drug-likeness (QED) is 0.722. The summed E-state index contributed by atoms with van der Waals surface area (Å²) < 4.78 is 0. The number of hydrogen-bond acceptors (Lipinski definition) is 2. The van der Waals surface area contributed by atoms with Gasteiger partial charge in [0.2, 0.25) is 0 Å². The van der Waals surface area contributed by atoms with Crippen LogP contribution in [0.5, 0.6) is 0 Å². The topological polar surface area (TPSA) is 23.5 Å². The van der Waals surface area contributed by atoms with E-state index in [-0.39, 0.29) is 12.1 Å². The summed E-state index contributed by atoms with van der Waals surface area (Å²) in [5.74, 6) is 0. The highest BCUT2D eigenvalue weighted by atomic mass is 16.3. The number of likely N-dealkylation sites (tertiary alicyclic amines) is 1. The molecule has 0 radical (unpaired) electrons. The molecular formula is C24H25NO. The first-order chi connectivity index (χ1) is 12.7. The van der Waals surface area contributed by atoms with Gasteiger partial charge in [0.1, 0.15) is 5.60 Å². The first-order valence-corrected chi connectivity index (χ1v) is 9.31. The van der Waals surface area contributed by atoms with Gasteiger partial charge in [0.25, 0.3) is 0 Å². The van der Waals surface area contributed by atoms with E-state index in [0.717, 1.165) is 18.5 Å². The zero-order valence-corrected chi connectivity index (χ0v) is 15.1. The van der Waals surface area contributed by atoms with Crippen LogP contribution in [0, 0.1) is 0 Å². The number of benzene rings is 3. The van der Waals surface area contributed by atoms with Gasteiger partial charge >= 0.3 is 0 Å². The number of aliphatic hydroxyl groups is 1. The summed E-state index contributed by atoms with van der Waals surface area (Å²) >= 11 is 0. The predicted octanol–water partition coefficient (Wildman–Crippen LogP) is 4.76. The van der Waals surface area contributed by atoms with E-state index >= 15 is 0 Å². The van der Waals surface area contributed by atoms with Gasteiger partial charge in [-0.3, -0.25) is 4.90 Å². The standard InChI is InChI=1S/C24H25NO/c1-24(26,21-15-9-4-10-16-21)22-17-18-25(22)23(19-11-5-2-6-12-19)20-13-7-3-8-14-20/h2-16,22-23,26H,17-18H2,1H3. The van der Waals surface area contributed by atoms with E-state index < -0.39 is 5.60 Å². The highest BCUT2D eigenvalue weighted by Gasteiger charge is 2.46. The lowest BCUT2D eigenvalue weighted by molar-refractivity contribution is -0.0992. The molecule has 1 heterocycles. The van der Waals surface area contributed by atoms with Gasteiger partial charge in [0, 0.05) is 12.6 Å². The van der Waals surface area contributed by atoms with Crippen LogP contribution in [0.2, 0.25) is 0 Å². The number of hydrogen-bond donors (Lipinski definition) is 1. The SMILES string of the molecule is CC(O)(c1ccccc1)C1CCN1C(c1ccccc1)c1ccccc1. The highest BCUT2D eigenvalue weighted by molar-refractivity contribution is 5.34. The molecule has 1 fully saturated rings. The second-order valence-corrected chi connectivity index (χ2v) is 7.28. The van der Waals surface area contributed by atoms with Crippen molar-refractivity contribution >= 4 is 0 Å². The third-order valence-electron chi connectivity index (χ3n) is 5.63. The molecule has 0 aliphatic carbocycles. The summed E-state index contributed by atoms with van der Waals surface area (Å²) in [4.78, 5) is 2.44. The van der Waals surface area contributed by atoms with E-state index in [0.29, 0.717) is 0 Å². The summed E-state index contributed by atoms with van der Waals surface area (Å²) in [6.07, 6.45) is 0.998. The largest absolute Gasteiger partial charge is 0.384 e. The zero-order chi connectivity index (χ0) is 18.0. The van der Waals surface area contributed by atoms with Gasteiger partial charge in [0.05, 0.1) is 6.04 Å². The first-order valence-electron chi connectivity index (χ1n) is 9.31. The monoisotopic (exact) mass is 343 g/mol. The van der Waals surface area contributed by atoms with Crippen molar-refractivity contribution in [2.24, 2.45) is 0 Å². The van der Waals surface area contributed by atoms with E-state index in [4.69, 9.17) is 0 Å². The van der Waals surface area contributed by atoms with Gasteiger partial charge in [-0.2, -0.15) is 0 Å². The number of rotatable bonds is 5. The van der Waals surface area contributed by atoms with E-state index in [1.54, 1.807) is 0 Å². The van der Waals surface area contributed by atoms with Crippen LogP contribution in [0.15, 0.2) is 91.0 Å². The lowest BCUT2D eigenvalue weighted by atomic mass is 9.78. The Bertz CT molecular complexity index is 790. The summed E-state index contributed by atoms with van der Waals surface area (Å²) in [6, 6.07) is 31.5. The van der Waals surface area contributed by atoms with Crippen LogP contribution >= 0.6 is 0 Å². The predicted molar refractivity (Wildman–Crippen MR) is 106 cm³/mol. The van der Waals surface area contributed by atoms with Crippen LogP contribution in [-0.2, 0) is 5.60 Å². The minimum Gasteiger partial charge on any atom is -0.384 e. The molecule has 0 aromatic heterocycles. The Hall–Kier alpha value is -2.42. The van der Waals surface area contributed by atoms with Crippen LogP contribution in [0.4, 0.5) is 0 Å². The molecular weight excluding hydrogens is 318 g/mol. The van der Waals surface area contributed by atoms with Crippen molar-refractivity contribution in [2.75, 3.05) is 6.54 Å². The van der Waals surface area contributed by atoms with E-state index in [1.807, 2.05) is 37.3 Å². The van der Waals surface area contributed by atoms with Crippen molar-refractivity contribution < 1.29 is 5.11 Å². The normalized spacial score (nSPS) is 19.7. The molecule has 1 N–H and O–H groups in total. The Kier molecular flexibility index (Phi) is 4.62. The molecule has 2 nitrogen and oxygen atoms in total. The lowest BCUT2D eigenvalue weighted by Crippen LogP contribution is -2.59. The average molecular weight is 343 g/mol. The highest BCUT2D eigenvalue weighted by Crippen LogP contribution is 2.42. The molecule has 3 aromatic rings. The van der Waals surface area contributed by atoms with Gasteiger partial charge in [-0.05, 0) is 30.0 Å². The van der Waals surface area contributed by atoms with Gasteiger partial charge in [-0.15, -0.1) is 0 Å². The van der Waals surface area contributed by atoms with Crippen LogP contribution in [0.1, 0.15) is 36.1 Å². The van der Waals surface area contributed by atoms with Crippen LogP contribution < -0.4 is 0 Å². The molecule has 1 aliphatic heterocycles. The fourth-order valence-corrected chi connectivity index (χ4v) is 4.13. The second-order valence-electron chi connectivity index (χ2n) is 7.28. The Morgan fingerprint density at radius 3 is 1.69 bits per heavy atom.